The molecule has 2 nitrogen and oxygen atoms in total. The van der Waals surface area contributed by atoms with Crippen LogP contribution in [0.3, 0.4) is 0 Å². The Labute approximate surface area is 155 Å². The van der Waals surface area contributed by atoms with Gasteiger partial charge in [-0.2, -0.15) is 0 Å². The lowest BCUT2D eigenvalue weighted by Crippen LogP contribution is -2.34. The molecule has 0 fully saturated rings. The van der Waals surface area contributed by atoms with Gasteiger partial charge in [0, 0.05) is 11.8 Å². The van der Waals surface area contributed by atoms with Crippen molar-refractivity contribution < 1.29 is 4.74 Å². The van der Waals surface area contributed by atoms with E-state index in [1.807, 2.05) is 30.5 Å². The third kappa shape index (κ3) is 3.46. The highest BCUT2D eigenvalue weighted by molar-refractivity contribution is 6.34. The first-order valence-electron chi connectivity index (χ1n) is 8.76. The third-order valence-electron chi connectivity index (χ3n) is 5.38. The zero-order chi connectivity index (χ0) is 18.2. The van der Waals surface area contributed by atoms with Crippen LogP contribution in [0.15, 0.2) is 41.4 Å². The molecule has 25 heavy (non-hydrogen) atoms. The van der Waals surface area contributed by atoms with Crippen molar-refractivity contribution >= 4 is 23.5 Å². The van der Waals surface area contributed by atoms with Crippen LogP contribution in [0.4, 0.5) is 5.69 Å². The van der Waals surface area contributed by atoms with Gasteiger partial charge in [-0.05, 0) is 59.1 Å². The molecule has 3 rings (SSSR count). The van der Waals surface area contributed by atoms with E-state index in [0.29, 0.717) is 0 Å². The molecule has 3 heteroatoms. The fourth-order valence-electron chi connectivity index (χ4n) is 3.61. The number of nitrogens with zero attached hydrogens (tertiary/aromatic N) is 1. The molecule has 0 N–H and O–H groups in total. The van der Waals surface area contributed by atoms with Crippen LogP contribution in [0.2, 0.25) is 5.02 Å². The van der Waals surface area contributed by atoms with Gasteiger partial charge in [0.05, 0.1) is 17.8 Å². The van der Waals surface area contributed by atoms with Crippen molar-refractivity contribution in [2.24, 2.45) is 4.99 Å². The van der Waals surface area contributed by atoms with Crippen molar-refractivity contribution in [2.75, 3.05) is 7.11 Å². The van der Waals surface area contributed by atoms with E-state index in [1.165, 1.54) is 17.5 Å². The smallest absolute Gasteiger partial charge is 0.119 e. The van der Waals surface area contributed by atoms with Gasteiger partial charge in [-0.15, -0.1) is 0 Å². The van der Waals surface area contributed by atoms with Gasteiger partial charge >= 0.3 is 0 Å². The molecular weight excluding hydrogens is 330 g/mol. The molecule has 2 aromatic rings. The average molecular weight is 356 g/mol. The molecule has 0 bridgehead atoms. The Morgan fingerprint density at radius 3 is 2.24 bits per heavy atom. The van der Waals surface area contributed by atoms with E-state index >= 15 is 0 Å². The lowest BCUT2D eigenvalue weighted by Gasteiger charge is -2.42. The summed E-state index contributed by atoms with van der Waals surface area (Å²) in [6.45, 7) is 9.19. The minimum atomic E-state index is 0.0892. The number of ether oxygens (including phenoxy) is 1. The predicted octanol–water partition coefficient (Wildman–Crippen LogP) is 6.45. The van der Waals surface area contributed by atoms with Crippen LogP contribution in [0.1, 0.15) is 57.2 Å². The molecule has 0 saturated heterocycles. The van der Waals surface area contributed by atoms with Gasteiger partial charge in [-0.25, -0.2) is 0 Å². The molecule has 0 amide bonds. The molecule has 0 atom stereocenters. The molecule has 0 saturated carbocycles. The van der Waals surface area contributed by atoms with E-state index in [2.05, 4.69) is 44.8 Å². The summed E-state index contributed by atoms with van der Waals surface area (Å²) in [4.78, 5) is 4.58. The highest BCUT2D eigenvalue weighted by atomic mass is 35.5. The third-order valence-corrected chi connectivity index (χ3v) is 5.79. The Bertz CT molecular complexity index is 804. The second-order valence-electron chi connectivity index (χ2n) is 8.12. The number of rotatable bonds is 3. The van der Waals surface area contributed by atoms with Crippen molar-refractivity contribution in [1.29, 1.82) is 0 Å². The molecule has 0 spiro atoms. The van der Waals surface area contributed by atoms with Crippen LogP contribution in [0.5, 0.6) is 5.75 Å². The summed E-state index contributed by atoms with van der Waals surface area (Å²) in [6.07, 6.45) is 4.19. The second-order valence-corrected chi connectivity index (χ2v) is 8.49. The van der Waals surface area contributed by atoms with Crippen molar-refractivity contribution in [3.05, 3.63) is 58.1 Å². The molecule has 0 unspecified atom stereocenters. The lowest BCUT2D eigenvalue weighted by molar-refractivity contribution is 0.332. The Hall–Kier alpha value is -1.80. The summed E-state index contributed by atoms with van der Waals surface area (Å²) in [6, 6.07) is 12.0. The van der Waals surface area contributed by atoms with Crippen molar-refractivity contribution in [1.82, 2.24) is 0 Å². The average Bonchev–Trinajstić information content (AvgIpc) is 2.58. The number of benzene rings is 2. The Morgan fingerprint density at radius 1 is 0.960 bits per heavy atom. The van der Waals surface area contributed by atoms with Crippen LogP contribution < -0.4 is 4.74 Å². The largest absolute Gasteiger partial charge is 0.497 e. The van der Waals surface area contributed by atoms with Crippen LogP contribution in [-0.4, -0.2) is 13.3 Å². The van der Waals surface area contributed by atoms with Crippen molar-refractivity contribution in [3.8, 4) is 5.75 Å². The summed E-state index contributed by atoms with van der Waals surface area (Å²) >= 11 is 6.84. The number of halogens is 1. The Kier molecular flexibility index (Phi) is 4.68. The van der Waals surface area contributed by atoms with Crippen LogP contribution in [0.25, 0.3) is 0 Å². The first-order valence-corrected chi connectivity index (χ1v) is 9.14. The molecular formula is C22H26ClNO. The summed E-state index contributed by atoms with van der Waals surface area (Å²) in [5.74, 6) is 0.828. The van der Waals surface area contributed by atoms with Crippen molar-refractivity contribution in [2.45, 2.75) is 51.4 Å². The quantitative estimate of drug-likeness (QED) is 0.580. The maximum Gasteiger partial charge on any atom is 0.119 e. The van der Waals surface area contributed by atoms with Gasteiger partial charge in [0.15, 0.2) is 0 Å². The zero-order valence-electron chi connectivity index (χ0n) is 15.7. The SMILES string of the molecule is COc1ccc(N=Cc2ccc3c(c2Cl)C(C)(C)CCC3(C)C)cc1. The van der Waals surface area contributed by atoms with E-state index in [9.17, 15) is 0 Å². The molecule has 0 heterocycles. The first-order chi connectivity index (χ1) is 11.7. The van der Waals surface area contributed by atoms with E-state index < -0.39 is 0 Å². The molecule has 0 aliphatic heterocycles. The van der Waals surface area contributed by atoms with Gasteiger partial charge in [0.2, 0.25) is 0 Å². The summed E-state index contributed by atoms with van der Waals surface area (Å²) in [5, 5.41) is 0.840. The highest BCUT2D eigenvalue weighted by Crippen LogP contribution is 2.48. The van der Waals surface area contributed by atoms with Gasteiger partial charge in [-0.1, -0.05) is 51.4 Å². The zero-order valence-corrected chi connectivity index (χ0v) is 16.4. The van der Waals surface area contributed by atoms with Crippen LogP contribution >= 0.6 is 11.6 Å². The lowest BCUT2D eigenvalue weighted by atomic mass is 9.63. The van der Waals surface area contributed by atoms with Gasteiger partial charge in [0.1, 0.15) is 5.75 Å². The summed E-state index contributed by atoms with van der Waals surface area (Å²) in [7, 11) is 1.66. The summed E-state index contributed by atoms with van der Waals surface area (Å²) < 4.78 is 5.18. The van der Waals surface area contributed by atoms with Crippen LogP contribution in [-0.2, 0) is 10.8 Å². The standard InChI is InChI=1S/C22H26ClNO/c1-21(2)12-13-22(3,4)19-18(21)11-6-15(20(19)23)14-24-16-7-9-17(25-5)10-8-16/h6-11,14H,12-13H2,1-5H3. The molecule has 132 valence electrons. The maximum atomic E-state index is 6.84. The summed E-state index contributed by atoms with van der Waals surface area (Å²) in [5.41, 5.74) is 4.77. The predicted molar refractivity (Wildman–Crippen MR) is 107 cm³/mol. The topological polar surface area (TPSA) is 21.6 Å². The van der Waals surface area contributed by atoms with Gasteiger partial charge in [-0.3, -0.25) is 4.99 Å². The first kappa shape index (κ1) is 18.0. The highest BCUT2D eigenvalue weighted by Gasteiger charge is 2.38. The second kappa shape index (κ2) is 6.49. The molecule has 0 radical (unpaired) electrons. The fourth-order valence-corrected chi connectivity index (χ4v) is 4.08. The Balaban J connectivity index is 2.00. The van der Waals surface area contributed by atoms with Gasteiger partial charge < -0.3 is 4.74 Å². The monoisotopic (exact) mass is 355 g/mol. The molecule has 0 aromatic heterocycles. The number of hydrogen-bond acceptors (Lipinski definition) is 2. The van der Waals surface area contributed by atoms with E-state index in [0.717, 1.165) is 28.4 Å². The van der Waals surface area contributed by atoms with Crippen LogP contribution in [0, 0.1) is 0 Å². The van der Waals surface area contributed by atoms with Crippen molar-refractivity contribution in [3.63, 3.8) is 0 Å². The number of aliphatic imine (C=N–C) groups is 1. The fraction of sp³-hybridized carbons (Fsp3) is 0.409. The Morgan fingerprint density at radius 2 is 1.60 bits per heavy atom. The minimum Gasteiger partial charge on any atom is -0.497 e. The number of methoxy groups -OCH3 is 1. The van der Waals surface area contributed by atoms with E-state index in [4.69, 9.17) is 16.3 Å². The number of hydrogen-bond donors (Lipinski definition) is 0. The molecule has 1 aliphatic rings. The molecule has 2 aromatic carbocycles. The minimum absolute atomic E-state index is 0.0892. The maximum absolute atomic E-state index is 6.84. The number of fused-ring (bicyclic) bond motifs is 1. The van der Waals surface area contributed by atoms with Gasteiger partial charge in [0.25, 0.3) is 0 Å². The molecule has 1 aliphatic carbocycles. The normalized spacial score (nSPS) is 18.2. The van der Waals surface area contributed by atoms with E-state index in [1.54, 1.807) is 7.11 Å². The van der Waals surface area contributed by atoms with E-state index in [-0.39, 0.29) is 10.8 Å².